The van der Waals surface area contributed by atoms with Crippen LogP contribution < -0.4 is 14.8 Å². The van der Waals surface area contributed by atoms with Gasteiger partial charge in [-0.3, -0.25) is 4.79 Å². The van der Waals surface area contributed by atoms with Gasteiger partial charge in [-0.25, -0.2) is 0 Å². The van der Waals surface area contributed by atoms with Gasteiger partial charge in [-0.05, 0) is 50.1 Å². The molecule has 1 N–H and O–H groups in total. The highest BCUT2D eigenvalue weighted by molar-refractivity contribution is 8.00. The smallest absolute Gasteiger partial charge is 0.255 e. The van der Waals surface area contributed by atoms with Gasteiger partial charge in [-0.1, -0.05) is 25.0 Å². The fourth-order valence-electron chi connectivity index (χ4n) is 3.14. The molecule has 0 heterocycles. The maximum atomic E-state index is 12.7. The molecule has 1 saturated carbocycles. The Morgan fingerprint density at radius 1 is 1.15 bits per heavy atom. The maximum Gasteiger partial charge on any atom is 0.255 e. The van der Waals surface area contributed by atoms with Crippen LogP contribution in [0.4, 0.5) is 5.69 Å². The Bertz CT molecular complexity index is 757. The summed E-state index contributed by atoms with van der Waals surface area (Å²) >= 11 is 1.87. The van der Waals surface area contributed by atoms with Crippen molar-refractivity contribution in [3.05, 3.63) is 48.0 Å². The fraction of sp³-hybridized carbons (Fsp3) is 0.381. The number of rotatable bonds is 7. The van der Waals surface area contributed by atoms with Crippen LogP contribution in [0.15, 0.2) is 47.4 Å². The van der Waals surface area contributed by atoms with E-state index in [1.54, 1.807) is 25.3 Å². The first-order valence-electron chi connectivity index (χ1n) is 9.09. The molecule has 2 aromatic rings. The van der Waals surface area contributed by atoms with Crippen LogP contribution in [0.1, 0.15) is 43.0 Å². The van der Waals surface area contributed by atoms with Crippen LogP contribution in [0.3, 0.4) is 0 Å². The number of hydrogen-bond acceptors (Lipinski definition) is 4. The molecular formula is C21H25NO3S. The molecule has 26 heavy (non-hydrogen) atoms. The third-order valence-electron chi connectivity index (χ3n) is 4.46. The van der Waals surface area contributed by atoms with Gasteiger partial charge in [0.05, 0.1) is 19.4 Å². The standard InChI is InChI=1S/C21H25NO3S/c1-3-25-19-14-15(12-13-18(19)24-2)21(23)22-17-10-6-7-11-20(17)26-16-8-4-5-9-16/h6-7,10-14,16H,3-5,8-9H2,1-2H3,(H,22,23). The van der Waals surface area contributed by atoms with Crippen LogP contribution in [0.25, 0.3) is 0 Å². The van der Waals surface area contributed by atoms with E-state index in [0.717, 1.165) is 10.6 Å². The molecule has 1 fully saturated rings. The van der Waals surface area contributed by atoms with Gasteiger partial charge in [0.25, 0.3) is 5.91 Å². The van der Waals surface area contributed by atoms with Gasteiger partial charge >= 0.3 is 0 Å². The predicted molar refractivity (Wildman–Crippen MR) is 107 cm³/mol. The molecule has 4 nitrogen and oxygen atoms in total. The number of anilines is 1. The third-order valence-corrected chi connectivity index (χ3v) is 5.87. The minimum absolute atomic E-state index is 0.145. The monoisotopic (exact) mass is 371 g/mol. The van der Waals surface area contributed by atoms with E-state index in [1.807, 2.05) is 36.9 Å². The average Bonchev–Trinajstić information content (AvgIpc) is 3.16. The van der Waals surface area contributed by atoms with Crippen molar-refractivity contribution < 1.29 is 14.3 Å². The minimum Gasteiger partial charge on any atom is -0.493 e. The Morgan fingerprint density at radius 2 is 1.92 bits per heavy atom. The summed E-state index contributed by atoms with van der Waals surface area (Å²) in [6.45, 7) is 2.42. The lowest BCUT2D eigenvalue weighted by atomic mass is 10.2. The molecule has 3 rings (SSSR count). The summed E-state index contributed by atoms with van der Waals surface area (Å²) in [6.07, 6.45) is 5.11. The molecule has 0 aliphatic heterocycles. The quantitative estimate of drug-likeness (QED) is 0.710. The van der Waals surface area contributed by atoms with Crippen molar-refractivity contribution in [1.82, 2.24) is 0 Å². The lowest BCUT2D eigenvalue weighted by Crippen LogP contribution is -2.13. The Morgan fingerprint density at radius 3 is 2.65 bits per heavy atom. The second-order valence-corrected chi connectivity index (χ2v) is 7.62. The van der Waals surface area contributed by atoms with Crippen molar-refractivity contribution in [1.29, 1.82) is 0 Å². The first-order valence-corrected chi connectivity index (χ1v) is 9.97. The second-order valence-electron chi connectivity index (χ2n) is 6.27. The van der Waals surface area contributed by atoms with Crippen molar-refractivity contribution >= 4 is 23.4 Å². The fourth-order valence-corrected chi connectivity index (χ4v) is 4.47. The van der Waals surface area contributed by atoms with Gasteiger partial charge in [-0.2, -0.15) is 0 Å². The van der Waals surface area contributed by atoms with Crippen LogP contribution in [-0.2, 0) is 0 Å². The highest BCUT2D eigenvalue weighted by atomic mass is 32.2. The maximum absolute atomic E-state index is 12.7. The molecule has 1 amide bonds. The minimum atomic E-state index is -0.145. The number of thioether (sulfide) groups is 1. The first-order chi connectivity index (χ1) is 12.7. The first kappa shape index (κ1) is 18.6. The van der Waals surface area contributed by atoms with Crippen LogP contribution in [-0.4, -0.2) is 24.9 Å². The third kappa shape index (κ3) is 4.52. The molecule has 2 aromatic carbocycles. The van der Waals surface area contributed by atoms with Crippen molar-refractivity contribution in [3.63, 3.8) is 0 Å². The highest BCUT2D eigenvalue weighted by Gasteiger charge is 2.19. The number of nitrogens with one attached hydrogen (secondary N) is 1. The lowest BCUT2D eigenvalue weighted by Gasteiger charge is -2.15. The normalized spacial score (nSPS) is 14.2. The molecule has 0 spiro atoms. The van der Waals surface area contributed by atoms with E-state index in [-0.39, 0.29) is 5.91 Å². The Kier molecular flexibility index (Phi) is 6.45. The zero-order chi connectivity index (χ0) is 18.4. The van der Waals surface area contributed by atoms with E-state index in [1.165, 1.54) is 25.7 Å². The lowest BCUT2D eigenvalue weighted by molar-refractivity contribution is 0.102. The van der Waals surface area contributed by atoms with Crippen molar-refractivity contribution in [3.8, 4) is 11.5 Å². The number of carbonyl (C=O) groups excluding carboxylic acids is 1. The number of methoxy groups -OCH3 is 1. The molecule has 1 aliphatic carbocycles. The van der Waals surface area contributed by atoms with E-state index in [2.05, 4.69) is 11.4 Å². The van der Waals surface area contributed by atoms with Crippen molar-refractivity contribution in [2.24, 2.45) is 0 Å². The van der Waals surface area contributed by atoms with E-state index in [4.69, 9.17) is 9.47 Å². The molecule has 138 valence electrons. The number of hydrogen-bond donors (Lipinski definition) is 1. The predicted octanol–water partition coefficient (Wildman–Crippen LogP) is 5.38. The largest absolute Gasteiger partial charge is 0.493 e. The number of amides is 1. The molecule has 0 aromatic heterocycles. The zero-order valence-electron chi connectivity index (χ0n) is 15.3. The van der Waals surface area contributed by atoms with Crippen LogP contribution in [0.2, 0.25) is 0 Å². The van der Waals surface area contributed by atoms with Crippen molar-refractivity contribution in [2.45, 2.75) is 42.8 Å². The summed E-state index contributed by atoms with van der Waals surface area (Å²) in [5.41, 5.74) is 1.41. The van der Waals surface area contributed by atoms with Gasteiger partial charge < -0.3 is 14.8 Å². The summed E-state index contributed by atoms with van der Waals surface area (Å²) < 4.78 is 10.9. The van der Waals surface area contributed by atoms with E-state index in [9.17, 15) is 4.79 Å². The number of para-hydroxylation sites is 1. The summed E-state index contributed by atoms with van der Waals surface area (Å²) in [7, 11) is 1.59. The highest BCUT2D eigenvalue weighted by Crippen LogP contribution is 2.38. The van der Waals surface area contributed by atoms with E-state index >= 15 is 0 Å². The Balaban J connectivity index is 1.76. The Hall–Kier alpha value is -2.14. The molecule has 1 aliphatic rings. The van der Waals surface area contributed by atoms with Crippen LogP contribution >= 0.6 is 11.8 Å². The number of benzene rings is 2. The zero-order valence-corrected chi connectivity index (χ0v) is 16.1. The van der Waals surface area contributed by atoms with Gasteiger partial charge in [0, 0.05) is 15.7 Å². The molecule has 0 atom stereocenters. The molecule has 0 saturated heterocycles. The van der Waals surface area contributed by atoms with Crippen LogP contribution in [0.5, 0.6) is 11.5 Å². The second kappa shape index (κ2) is 8.99. The summed E-state index contributed by atoms with van der Waals surface area (Å²) in [6, 6.07) is 13.3. The summed E-state index contributed by atoms with van der Waals surface area (Å²) in [4.78, 5) is 13.9. The van der Waals surface area contributed by atoms with Gasteiger partial charge in [-0.15, -0.1) is 11.8 Å². The van der Waals surface area contributed by atoms with Gasteiger partial charge in [0.15, 0.2) is 11.5 Å². The van der Waals surface area contributed by atoms with E-state index in [0.29, 0.717) is 28.9 Å². The molecular weight excluding hydrogens is 346 g/mol. The molecule has 0 radical (unpaired) electrons. The summed E-state index contributed by atoms with van der Waals surface area (Å²) in [5.74, 6) is 1.06. The van der Waals surface area contributed by atoms with E-state index < -0.39 is 0 Å². The molecule has 5 heteroatoms. The average molecular weight is 372 g/mol. The Labute approximate surface area is 159 Å². The van der Waals surface area contributed by atoms with Crippen molar-refractivity contribution in [2.75, 3.05) is 19.0 Å². The number of carbonyl (C=O) groups is 1. The number of ether oxygens (including phenoxy) is 2. The van der Waals surface area contributed by atoms with Gasteiger partial charge in [0.2, 0.25) is 0 Å². The van der Waals surface area contributed by atoms with Gasteiger partial charge in [0.1, 0.15) is 0 Å². The molecule has 0 unspecified atom stereocenters. The SMILES string of the molecule is CCOc1cc(C(=O)Nc2ccccc2SC2CCCC2)ccc1OC. The molecule has 0 bridgehead atoms. The topological polar surface area (TPSA) is 47.6 Å². The summed E-state index contributed by atoms with van der Waals surface area (Å²) in [5, 5.41) is 3.70. The van der Waals surface area contributed by atoms with Crippen LogP contribution in [0, 0.1) is 0 Å².